The van der Waals surface area contributed by atoms with Crippen LogP contribution in [0.3, 0.4) is 0 Å². The minimum Gasteiger partial charge on any atom is -0.410 e. The molecule has 1 unspecified atom stereocenters. The molecule has 2 saturated heterocycles. The third-order valence-corrected chi connectivity index (χ3v) is 5.17. The number of hydrogen-bond donors (Lipinski definition) is 2. The summed E-state index contributed by atoms with van der Waals surface area (Å²) < 4.78 is 5.71. The van der Waals surface area contributed by atoms with E-state index in [0.29, 0.717) is 11.3 Å². The number of imide groups is 1. The van der Waals surface area contributed by atoms with Gasteiger partial charge in [0.25, 0.3) is 11.1 Å². The molecule has 2 aliphatic heterocycles. The molecule has 3 rings (SSSR count). The van der Waals surface area contributed by atoms with Crippen LogP contribution in [0.2, 0.25) is 0 Å². The first-order chi connectivity index (χ1) is 12.8. The van der Waals surface area contributed by atoms with Crippen molar-refractivity contribution in [3.05, 3.63) is 34.7 Å². The van der Waals surface area contributed by atoms with Crippen molar-refractivity contribution in [2.24, 2.45) is 0 Å². The van der Waals surface area contributed by atoms with E-state index < -0.39 is 22.8 Å². The summed E-state index contributed by atoms with van der Waals surface area (Å²) in [5.41, 5.74) is 0.172. The van der Waals surface area contributed by atoms with Crippen molar-refractivity contribution in [2.45, 2.75) is 38.8 Å². The Morgan fingerprint density at radius 1 is 1.30 bits per heavy atom. The van der Waals surface area contributed by atoms with Crippen LogP contribution >= 0.6 is 11.8 Å². The van der Waals surface area contributed by atoms with Gasteiger partial charge in [-0.3, -0.25) is 19.8 Å². The van der Waals surface area contributed by atoms with Crippen LogP contribution in [0.4, 0.5) is 9.59 Å². The number of rotatable bonds is 3. The Balaban J connectivity index is 1.85. The number of hydrogen-bond acceptors (Lipinski definition) is 6. The maximum Gasteiger partial charge on any atom is 0.415 e. The van der Waals surface area contributed by atoms with Gasteiger partial charge in [-0.2, -0.15) is 0 Å². The Hall–Kier alpha value is -2.32. The van der Waals surface area contributed by atoms with Gasteiger partial charge in [0, 0.05) is 23.7 Å². The summed E-state index contributed by atoms with van der Waals surface area (Å²) in [6, 6.07) is 7.03. The van der Waals surface area contributed by atoms with Crippen molar-refractivity contribution < 1.29 is 19.1 Å². The molecule has 2 heterocycles. The number of nitrogens with one attached hydrogen (secondary N) is 2. The van der Waals surface area contributed by atoms with Gasteiger partial charge in [-0.05, 0) is 57.6 Å². The summed E-state index contributed by atoms with van der Waals surface area (Å²) in [6.07, 6.45) is 2.00. The van der Waals surface area contributed by atoms with Gasteiger partial charge in [0.2, 0.25) is 0 Å². The number of amides is 3. The lowest BCUT2D eigenvalue weighted by molar-refractivity contribution is -0.115. The van der Waals surface area contributed by atoms with E-state index in [-0.39, 0.29) is 10.9 Å². The fraction of sp³-hybridized carbons (Fsp3) is 0.421. The van der Waals surface area contributed by atoms with Crippen LogP contribution in [-0.4, -0.2) is 46.8 Å². The van der Waals surface area contributed by atoms with Crippen LogP contribution in [0.25, 0.3) is 6.08 Å². The monoisotopic (exact) mass is 389 g/mol. The van der Waals surface area contributed by atoms with Gasteiger partial charge in [0.05, 0.1) is 4.91 Å². The first kappa shape index (κ1) is 19.4. The predicted octanol–water partition coefficient (Wildman–Crippen LogP) is 2.97. The molecule has 1 aromatic carbocycles. The molecule has 0 spiro atoms. The van der Waals surface area contributed by atoms with Crippen molar-refractivity contribution >= 4 is 35.1 Å². The van der Waals surface area contributed by atoms with Crippen molar-refractivity contribution in [3.63, 3.8) is 0 Å². The lowest BCUT2D eigenvalue weighted by atomic mass is 10.0. The molecule has 1 atom stereocenters. The number of carbonyl (C=O) groups is 3. The highest BCUT2D eigenvalue weighted by atomic mass is 32.2. The Kier molecular flexibility index (Phi) is 5.57. The Labute approximate surface area is 162 Å². The van der Waals surface area contributed by atoms with Crippen LogP contribution in [0.15, 0.2) is 29.2 Å². The Morgan fingerprint density at radius 3 is 2.63 bits per heavy atom. The second kappa shape index (κ2) is 7.74. The molecule has 8 heteroatoms. The zero-order chi connectivity index (χ0) is 19.6. The topological polar surface area (TPSA) is 87.7 Å². The summed E-state index contributed by atoms with van der Waals surface area (Å²) in [7, 11) is 0. The molecule has 144 valence electrons. The average molecular weight is 389 g/mol. The second-order valence-electron chi connectivity index (χ2n) is 7.45. The van der Waals surface area contributed by atoms with E-state index in [1.54, 1.807) is 35.2 Å². The molecule has 27 heavy (non-hydrogen) atoms. The van der Waals surface area contributed by atoms with E-state index in [2.05, 4.69) is 10.6 Å². The second-order valence-corrected chi connectivity index (χ2v) is 8.46. The molecule has 0 saturated carbocycles. The van der Waals surface area contributed by atoms with E-state index in [1.165, 1.54) is 0 Å². The van der Waals surface area contributed by atoms with Gasteiger partial charge in [-0.15, -0.1) is 0 Å². The van der Waals surface area contributed by atoms with Crippen molar-refractivity contribution in [1.82, 2.24) is 15.5 Å². The number of thioether (sulfide) groups is 1. The van der Waals surface area contributed by atoms with E-state index in [9.17, 15) is 14.4 Å². The molecule has 2 N–H and O–H groups in total. The molecule has 2 fully saturated rings. The zero-order valence-electron chi connectivity index (χ0n) is 15.6. The predicted molar refractivity (Wildman–Crippen MR) is 104 cm³/mol. The molecule has 7 nitrogen and oxygen atoms in total. The van der Waals surface area contributed by atoms with E-state index in [1.807, 2.05) is 20.8 Å². The maximum absolute atomic E-state index is 13.0. The molecule has 2 aliphatic rings. The summed E-state index contributed by atoms with van der Waals surface area (Å²) in [6.45, 7) is 7.54. The first-order valence-corrected chi connectivity index (χ1v) is 9.63. The SMILES string of the molecule is CC(C)(C)N(C(=O)Oc1ccccc1C=C1SC(=O)NC1=O)C1CCNC1. The summed E-state index contributed by atoms with van der Waals surface area (Å²) in [4.78, 5) is 38.2. The molecule has 1 aromatic rings. The third-order valence-electron chi connectivity index (χ3n) is 4.36. The highest BCUT2D eigenvalue weighted by Gasteiger charge is 2.36. The van der Waals surface area contributed by atoms with Crippen LogP contribution in [-0.2, 0) is 4.79 Å². The van der Waals surface area contributed by atoms with Crippen LogP contribution in [0, 0.1) is 0 Å². The largest absolute Gasteiger partial charge is 0.415 e. The Morgan fingerprint density at radius 2 is 2.04 bits per heavy atom. The summed E-state index contributed by atoms with van der Waals surface area (Å²) in [5.74, 6) is -0.0950. The van der Waals surface area contributed by atoms with Crippen LogP contribution < -0.4 is 15.4 Å². The summed E-state index contributed by atoms with van der Waals surface area (Å²) >= 11 is 0.829. The van der Waals surface area contributed by atoms with Gasteiger partial charge in [-0.25, -0.2) is 4.79 Å². The maximum atomic E-state index is 13.0. The molecule has 0 bridgehead atoms. The van der Waals surface area contributed by atoms with Gasteiger partial charge < -0.3 is 10.1 Å². The normalized spacial score (nSPS) is 21.4. The molecule has 0 aromatic heterocycles. The molecular formula is C19H23N3O4S. The Bertz CT molecular complexity index is 794. The fourth-order valence-electron chi connectivity index (χ4n) is 3.23. The fourth-order valence-corrected chi connectivity index (χ4v) is 3.90. The zero-order valence-corrected chi connectivity index (χ0v) is 16.4. The van der Waals surface area contributed by atoms with Crippen LogP contribution in [0.1, 0.15) is 32.8 Å². The highest BCUT2D eigenvalue weighted by molar-refractivity contribution is 8.18. The van der Waals surface area contributed by atoms with Crippen molar-refractivity contribution in [3.8, 4) is 5.75 Å². The smallest absolute Gasteiger partial charge is 0.410 e. The first-order valence-electron chi connectivity index (χ1n) is 8.81. The summed E-state index contributed by atoms with van der Waals surface area (Å²) in [5, 5.41) is 5.08. The third kappa shape index (κ3) is 4.51. The minimum absolute atomic E-state index is 0.0665. The minimum atomic E-state index is -0.445. The number of carbonyl (C=O) groups excluding carboxylic acids is 3. The lowest BCUT2D eigenvalue weighted by Crippen LogP contribution is -2.53. The van der Waals surface area contributed by atoms with Crippen molar-refractivity contribution in [1.29, 1.82) is 0 Å². The highest BCUT2D eigenvalue weighted by Crippen LogP contribution is 2.30. The van der Waals surface area contributed by atoms with Gasteiger partial charge in [0.1, 0.15) is 5.75 Å². The van der Waals surface area contributed by atoms with Gasteiger partial charge in [0.15, 0.2) is 0 Å². The van der Waals surface area contributed by atoms with E-state index >= 15 is 0 Å². The van der Waals surface area contributed by atoms with E-state index in [0.717, 1.165) is 31.3 Å². The van der Waals surface area contributed by atoms with Gasteiger partial charge >= 0.3 is 6.09 Å². The quantitative estimate of drug-likeness (QED) is 0.773. The lowest BCUT2D eigenvalue weighted by Gasteiger charge is -2.39. The number of para-hydroxylation sites is 1. The molecule has 3 amide bonds. The standard InChI is InChI=1S/C19H23N3O4S/c1-19(2,3)22(13-8-9-20-11-13)18(25)26-14-7-5-4-6-12(14)10-15-16(23)21-17(24)27-15/h4-7,10,13,20H,8-9,11H2,1-3H3,(H,21,23,24). The number of ether oxygens (including phenoxy) is 1. The number of benzene rings is 1. The molecule has 0 aliphatic carbocycles. The van der Waals surface area contributed by atoms with Gasteiger partial charge in [-0.1, -0.05) is 18.2 Å². The molecule has 0 radical (unpaired) electrons. The van der Waals surface area contributed by atoms with E-state index in [4.69, 9.17) is 4.74 Å². The average Bonchev–Trinajstić information content (AvgIpc) is 3.18. The van der Waals surface area contributed by atoms with Crippen molar-refractivity contribution in [2.75, 3.05) is 13.1 Å². The number of nitrogens with zero attached hydrogens (tertiary/aromatic N) is 1. The van der Waals surface area contributed by atoms with Crippen LogP contribution in [0.5, 0.6) is 5.75 Å². The molecular weight excluding hydrogens is 366 g/mol.